The lowest BCUT2D eigenvalue weighted by Crippen LogP contribution is -2.45. The first-order valence-corrected chi connectivity index (χ1v) is 7.14. The number of morpholine rings is 1. The van der Waals surface area contributed by atoms with Crippen LogP contribution in [0.3, 0.4) is 0 Å². The molecule has 2 rings (SSSR count). The predicted molar refractivity (Wildman–Crippen MR) is 70.1 cm³/mol. The number of hydrogen-bond acceptors (Lipinski definition) is 4. The highest BCUT2D eigenvalue weighted by atomic mass is 16.5. The Kier molecular flexibility index (Phi) is 5.71. The summed E-state index contributed by atoms with van der Waals surface area (Å²) in [6.45, 7) is 8.57. The van der Waals surface area contributed by atoms with Gasteiger partial charge in [0.25, 0.3) is 0 Å². The molecular formula is C13H27N3O. The van der Waals surface area contributed by atoms with Crippen molar-refractivity contribution in [3.8, 4) is 0 Å². The van der Waals surface area contributed by atoms with E-state index in [-0.39, 0.29) is 0 Å². The van der Waals surface area contributed by atoms with Crippen LogP contribution >= 0.6 is 0 Å². The normalized spacial score (nSPS) is 28.4. The molecule has 0 aliphatic carbocycles. The maximum absolute atomic E-state index is 5.84. The van der Waals surface area contributed by atoms with Gasteiger partial charge in [-0.3, -0.25) is 9.80 Å². The van der Waals surface area contributed by atoms with Crippen molar-refractivity contribution in [1.29, 1.82) is 0 Å². The fraction of sp³-hybridized carbons (Fsp3) is 1.00. The molecule has 0 amide bonds. The van der Waals surface area contributed by atoms with Crippen molar-refractivity contribution >= 4 is 0 Å². The van der Waals surface area contributed by atoms with Crippen LogP contribution in [0.1, 0.15) is 25.7 Å². The molecule has 0 saturated carbocycles. The number of likely N-dealkylation sites (tertiary alicyclic amines) is 1. The van der Waals surface area contributed by atoms with Gasteiger partial charge < -0.3 is 10.5 Å². The number of ether oxygens (including phenoxy) is 1. The Hall–Kier alpha value is -0.160. The Morgan fingerprint density at radius 2 is 1.88 bits per heavy atom. The second-order valence-corrected chi connectivity index (χ2v) is 5.23. The van der Waals surface area contributed by atoms with Crippen LogP contribution in [-0.2, 0) is 4.74 Å². The van der Waals surface area contributed by atoms with Crippen molar-refractivity contribution in [3.63, 3.8) is 0 Å². The van der Waals surface area contributed by atoms with Gasteiger partial charge in [0.2, 0.25) is 0 Å². The van der Waals surface area contributed by atoms with Crippen molar-refractivity contribution in [2.75, 3.05) is 52.5 Å². The van der Waals surface area contributed by atoms with Crippen LogP contribution in [0.2, 0.25) is 0 Å². The minimum atomic E-state index is 0.647. The van der Waals surface area contributed by atoms with Crippen molar-refractivity contribution in [2.24, 2.45) is 5.73 Å². The molecular weight excluding hydrogens is 214 g/mol. The lowest BCUT2D eigenvalue weighted by atomic mass is 10.0. The van der Waals surface area contributed by atoms with Crippen LogP contribution in [-0.4, -0.2) is 68.3 Å². The lowest BCUT2D eigenvalue weighted by molar-refractivity contribution is 0.0347. The van der Waals surface area contributed by atoms with Gasteiger partial charge in [-0.05, 0) is 38.9 Å². The van der Waals surface area contributed by atoms with Crippen LogP contribution < -0.4 is 5.73 Å². The monoisotopic (exact) mass is 241 g/mol. The lowest BCUT2D eigenvalue weighted by Gasteiger charge is -2.35. The van der Waals surface area contributed by atoms with Crippen molar-refractivity contribution in [2.45, 2.75) is 31.7 Å². The van der Waals surface area contributed by atoms with Crippen LogP contribution in [0.25, 0.3) is 0 Å². The van der Waals surface area contributed by atoms with E-state index in [2.05, 4.69) is 9.80 Å². The third-order valence-corrected chi connectivity index (χ3v) is 4.04. The Morgan fingerprint density at radius 1 is 1.06 bits per heavy atom. The summed E-state index contributed by atoms with van der Waals surface area (Å²) in [6.07, 6.45) is 5.29. The molecule has 100 valence electrons. The molecule has 0 unspecified atom stereocenters. The summed E-state index contributed by atoms with van der Waals surface area (Å²) in [5.74, 6) is 0. The van der Waals surface area contributed by atoms with E-state index in [1.165, 1.54) is 45.3 Å². The highest BCUT2D eigenvalue weighted by Gasteiger charge is 2.20. The summed E-state index contributed by atoms with van der Waals surface area (Å²) < 4.78 is 5.36. The van der Waals surface area contributed by atoms with Crippen molar-refractivity contribution < 1.29 is 4.74 Å². The van der Waals surface area contributed by atoms with Crippen LogP contribution in [0.5, 0.6) is 0 Å². The Labute approximate surface area is 105 Å². The minimum Gasteiger partial charge on any atom is -0.379 e. The van der Waals surface area contributed by atoms with Gasteiger partial charge in [-0.1, -0.05) is 6.42 Å². The first-order valence-electron chi connectivity index (χ1n) is 7.14. The smallest absolute Gasteiger partial charge is 0.0594 e. The van der Waals surface area contributed by atoms with E-state index in [9.17, 15) is 0 Å². The number of piperidine rings is 1. The Balaban J connectivity index is 1.62. The fourth-order valence-electron chi connectivity index (χ4n) is 2.94. The van der Waals surface area contributed by atoms with Crippen molar-refractivity contribution in [1.82, 2.24) is 9.80 Å². The van der Waals surface area contributed by atoms with Gasteiger partial charge in [0, 0.05) is 25.7 Å². The molecule has 0 aromatic heterocycles. The van der Waals surface area contributed by atoms with Crippen molar-refractivity contribution in [3.05, 3.63) is 0 Å². The molecule has 0 bridgehead atoms. The van der Waals surface area contributed by atoms with Crippen LogP contribution in [0.4, 0.5) is 0 Å². The number of rotatable bonds is 5. The summed E-state index contributed by atoms with van der Waals surface area (Å²) in [6, 6.07) is 0.647. The molecule has 2 saturated heterocycles. The molecule has 2 fully saturated rings. The molecule has 2 aliphatic heterocycles. The van der Waals surface area contributed by atoms with Gasteiger partial charge in [0.1, 0.15) is 0 Å². The summed E-state index contributed by atoms with van der Waals surface area (Å²) in [4.78, 5) is 5.12. The number of nitrogens with two attached hydrogens (primary N) is 1. The zero-order chi connectivity index (χ0) is 11.9. The third-order valence-electron chi connectivity index (χ3n) is 4.04. The summed E-state index contributed by atoms with van der Waals surface area (Å²) in [5, 5.41) is 0. The molecule has 0 aromatic carbocycles. The standard InChI is InChI=1S/C13H27N3O/c14-12-13-4-1-2-6-16(13)7-3-5-15-8-10-17-11-9-15/h13H,1-12,14H2/t13-/m1/s1. The first kappa shape index (κ1) is 13.3. The second-order valence-electron chi connectivity index (χ2n) is 5.23. The minimum absolute atomic E-state index is 0.647. The molecule has 4 heteroatoms. The van der Waals surface area contributed by atoms with Gasteiger partial charge in [0.15, 0.2) is 0 Å². The van der Waals surface area contributed by atoms with Gasteiger partial charge in [-0.15, -0.1) is 0 Å². The van der Waals surface area contributed by atoms with Gasteiger partial charge in [-0.2, -0.15) is 0 Å². The van der Waals surface area contributed by atoms with Gasteiger partial charge >= 0.3 is 0 Å². The zero-order valence-corrected chi connectivity index (χ0v) is 10.9. The fourth-order valence-corrected chi connectivity index (χ4v) is 2.94. The highest BCUT2D eigenvalue weighted by Crippen LogP contribution is 2.16. The molecule has 0 radical (unpaired) electrons. The predicted octanol–water partition coefficient (Wildman–Crippen LogP) is 0.522. The van der Waals surface area contributed by atoms with Gasteiger partial charge in [0.05, 0.1) is 13.2 Å². The van der Waals surface area contributed by atoms with E-state index in [0.29, 0.717) is 6.04 Å². The van der Waals surface area contributed by atoms with E-state index < -0.39 is 0 Å². The quantitative estimate of drug-likeness (QED) is 0.762. The Morgan fingerprint density at radius 3 is 2.65 bits per heavy atom. The molecule has 2 heterocycles. The molecule has 0 aromatic rings. The van der Waals surface area contributed by atoms with Gasteiger partial charge in [-0.25, -0.2) is 0 Å². The molecule has 0 spiro atoms. The van der Waals surface area contributed by atoms with Crippen LogP contribution in [0.15, 0.2) is 0 Å². The van der Waals surface area contributed by atoms with E-state index in [1.54, 1.807) is 0 Å². The van der Waals surface area contributed by atoms with Crippen LogP contribution in [0, 0.1) is 0 Å². The average molecular weight is 241 g/mol. The zero-order valence-electron chi connectivity index (χ0n) is 10.9. The largest absolute Gasteiger partial charge is 0.379 e. The summed E-state index contributed by atoms with van der Waals surface area (Å²) in [5.41, 5.74) is 5.84. The molecule has 1 atom stereocenters. The molecule has 2 N–H and O–H groups in total. The average Bonchev–Trinajstić information content (AvgIpc) is 2.40. The molecule has 2 aliphatic rings. The maximum Gasteiger partial charge on any atom is 0.0594 e. The Bertz CT molecular complexity index is 207. The number of hydrogen-bond donors (Lipinski definition) is 1. The number of nitrogens with zero attached hydrogens (tertiary/aromatic N) is 2. The SMILES string of the molecule is NC[C@H]1CCCCN1CCCN1CCOCC1. The van der Waals surface area contributed by atoms with E-state index in [1.807, 2.05) is 0 Å². The topological polar surface area (TPSA) is 41.7 Å². The van der Waals surface area contributed by atoms with E-state index >= 15 is 0 Å². The third kappa shape index (κ3) is 4.21. The van der Waals surface area contributed by atoms with E-state index in [4.69, 9.17) is 10.5 Å². The molecule has 17 heavy (non-hydrogen) atoms. The van der Waals surface area contributed by atoms with E-state index in [0.717, 1.165) is 32.8 Å². The second kappa shape index (κ2) is 7.31. The first-order chi connectivity index (χ1) is 8.40. The summed E-state index contributed by atoms with van der Waals surface area (Å²) in [7, 11) is 0. The summed E-state index contributed by atoms with van der Waals surface area (Å²) >= 11 is 0. The maximum atomic E-state index is 5.84. The highest BCUT2D eigenvalue weighted by molar-refractivity contribution is 4.77. The molecule has 4 nitrogen and oxygen atoms in total.